The van der Waals surface area contributed by atoms with Gasteiger partial charge in [-0.2, -0.15) is 0 Å². The second-order valence-corrected chi connectivity index (χ2v) is 5.79. The molecule has 0 aromatic heterocycles. The SMILES string of the molecule is Cc1ccccc1OCCC(=O)NNC(=O)c1ccc(Br)cc1. The van der Waals surface area contributed by atoms with Gasteiger partial charge in [-0.3, -0.25) is 20.4 Å². The van der Waals surface area contributed by atoms with E-state index in [1.165, 1.54) is 0 Å². The molecule has 2 aromatic carbocycles. The van der Waals surface area contributed by atoms with Crippen molar-refractivity contribution in [2.24, 2.45) is 0 Å². The van der Waals surface area contributed by atoms with Gasteiger partial charge in [-0.25, -0.2) is 0 Å². The Morgan fingerprint density at radius 2 is 1.74 bits per heavy atom. The van der Waals surface area contributed by atoms with Crippen molar-refractivity contribution in [1.82, 2.24) is 10.9 Å². The standard InChI is InChI=1S/C17H17BrN2O3/c1-12-4-2-3-5-15(12)23-11-10-16(21)19-20-17(22)13-6-8-14(18)9-7-13/h2-9H,10-11H2,1H3,(H,19,21)(H,20,22). The normalized spacial score (nSPS) is 10.0. The van der Waals surface area contributed by atoms with Crippen molar-refractivity contribution in [2.45, 2.75) is 13.3 Å². The molecule has 2 aromatic rings. The fourth-order valence-electron chi connectivity index (χ4n) is 1.83. The molecule has 0 radical (unpaired) electrons. The third-order valence-corrected chi connectivity index (χ3v) is 3.63. The molecule has 0 aliphatic heterocycles. The maximum Gasteiger partial charge on any atom is 0.269 e. The molecule has 0 spiro atoms. The molecule has 0 atom stereocenters. The summed E-state index contributed by atoms with van der Waals surface area (Å²) in [4.78, 5) is 23.5. The Bertz CT molecular complexity index is 686. The van der Waals surface area contributed by atoms with Crippen molar-refractivity contribution in [2.75, 3.05) is 6.61 Å². The van der Waals surface area contributed by atoms with E-state index in [9.17, 15) is 9.59 Å². The van der Waals surface area contributed by atoms with Crippen LogP contribution in [0, 0.1) is 6.92 Å². The molecule has 0 heterocycles. The minimum absolute atomic E-state index is 0.148. The van der Waals surface area contributed by atoms with Crippen molar-refractivity contribution in [3.8, 4) is 5.75 Å². The van der Waals surface area contributed by atoms with Gasteiger partial charge in [0, 0.05) is 10.0 Å². The van der Waals surface area contributed by atoms with E-state index in [0.29, 0.717) is 5.56 Å². The Morgan fingerprint density at radius 1 is 1.04 bits per heavy atom. The monoisotopic (exact) mass is 376 g/mol. The van der Waals surface area contributed by atoms with Crippen LogP contribution in [0.2, 0.25) is 0 Å². The average Bonchev–Trinajstić information content (AvgIpc) is 2.55. The van der Waals surface area contributed by atoms with Crippen molar-refractivity contribution in [1.29, 1.82) is 0 Å². The molecule has 6 heteroatoms. The number of nitrogens with one attached hydrogen (secondary N) is 2. The first-order valence-electron chi connectivity index (χ1n) is 7.09. The van der Waals surface area contributed by atoms with E-state index in [4.69, 9.17) is 4.74 Å². The van der Waals surface area contributed by atoms with Crippen molar-refractivity contribution >= 4 is 27.7 Å². The lowest BCUT2D eigenvalue weighted by Gasteiger charge is -2.10. The van der Waals surface area contributed by atoms with Crippen LogP contribution in [0.15, 0.2) is 53.0 Å². The number of carbonyl (C=O) groups excluding carboxylic acids is 2. The molecule has 0 aliphatic carbocycles. The molecule has 2 rings (SSSR count). The number of halogens is 1. The number of amides is 2. The highest BCUT2D eigenvalue weighted by molar-refractivity contribution is 9.10. The first-order chi connectivity index (χ1) is 11.1. The summed E-state index contributed by atoms with van der Waals surface area (Å²) < 4.78 is 6.41. The number of ether oxygens (including phenoxy) is 1. The summed E-state index contributed by atoms with van der Waals surface area (Å²) in [5.41, 5.74) is 6.21. The largest absolute Gasteiger partial charge is 0.493 e. The Hall–Kier alpha value is -2.34. The molecule has 0 saturated carbocycles. The average molecular weight is 377 g/mol. The van der Waals surface area contributed by atoms with Gasteiger partial charge in [0.25, 0.3) is 5.91 Å². The van der Waals surface area contributed by atoms with Gasteiger partial charge in [0.1, 0.15) is 5.75 Å². The number of para-hydroxylation sites is 1. The van der Waals surface area contributed by atoms with Crippen LogP contribution in [0.4, 0.5) is 0 Å². The molecule has 23 heavy (non-hydrogen) atoms. The summed E-state index contributed by atoms with van der Waals surface area (Å²) in [6, 6.07) is 14.4. The highest BCUT2D eigenvalue weighted by Crippen LogP contribution is 2.16. The summed E-state index contributed by atoms with van der Waals surface area (Å²) in [6.07, 6.45) is 0.148. The summed E-state index contributed by atoms with van der Waals surface area (Å²) in [7, 11) is 0. The van der Waals surface area contributed by atoms with Gasteiger partial charge in [-0.15, -0.1) is 0 Å². The quantitative estimate of drug-likeness (QED) is 0.788. The molecule has 0 bridgehead atoms. The van der Waals surface area contributed by atoms with Crippen LogP contribution in [-0.2, 0) is 4.79 Å². The molecule has 120 valence electrons. The number of carbonyl (C=O) groups is 2. The lowest BCUT2D eigenvalue weighted by Crippen LogP contribution is -2.42. The van der Waals surface area contributed by atoms with Crippen LogP contribution in [-0.4, -0.2) is 18.4 Å². The summed E-state index contributed by atoms with van der Waals surface area (Å²) in [6.45, 7) is 2.18. The molecule has 5 nitrogen and oxygen atoms in total. The van der Waals surface area contributed by atoms with Crippen LogP contribution in [0.25, 0.3) is 0 Å². The van der Waals surface area contributed by atoms with Crippen LogP contribution in [0.5, 0.6) is 5.75 Å². The topological polar surface area (TPSA) is 67.4 Å². The fourth-order valence-corrected chi connectivity index (χ4v) is 2.10. The predicted molar refractivity (Wildman–Crippen MR) is 91.0 cm³/mol. The van der Waals surface area contributed by atoms with Gasteiger partial charge in [-0.05, 0) is 42.8 Å². The third-order valence-electron chi connectivity index (χ3n) is 3.10. The van der Waals surface area contributed by atoms with E-state index in [2.05, 4.69) is 26.8 Å². The van der Waals surface area contributed by atoms with Gasteiger partial charge in [0.05, 0.1) is 13.0 Å². The minimum Gasteiger partial charge on any atom is -0.493 e. The zero-order valence-corrected chi connectivity index (χ0v) is 14.2. The molecule has 0 saturated heterocycles. The summed E-state index contributed by atoms with van der Waals surface area (Å²) in [5, 5.41) is 0. The molecule has 0 unspecified atom stereocenters. The minimum atomic E-state index is -0.370. The third kappa shape index (κ3) is 5.41. The van der Waals surface area contributed by atoms with E-state index in [1.807, 2.05) is 31.2 Å². The number of hydrogen-bond acceptors (Lipinski definition) is 3. The van der Waals surface area contributed by atoms with Crippen LogP contribution < -0.4 is 15.6 Å². The Labute approximate surface area is 143 Å². The summed E-state index contributed by atoms with van der Waals surface area (Å²) in [5.74, 6) is 0.0638. The first-order valence-corrected chi connectivity index (χ1v) is 7.89. The van der Waals surface area contributed by atoms with E-state index < -0.39 is 0 Å². The second kappa shape index (κ2) is 8.33. The lowest BCUT2D eigenvalue weighted by atomic mass is 10.2. The fraction of sp³-hybridized carbons (Fsp3) is 0.176. The second-order valence-electron chi connectivity index (χ2n) is 4.87. The van der Waals surface area contributed by atoms with E-state index in [-0.39, 0.29) is 24.8 Å². The van der Waals surface area contributed by atoms with E-state index in [1.54, 1.807) is 24.3 Å². The van der Waals surface area contributed by atoms with Crippen molar-refractivity contribution in [3.05, 3.63) is 64.1 Å². The zero-order valence-electron chi connectivity index (χ0n) is 12.6. The summed E-state index contributed by atoms with van der Waals surface area (Å²) >= 11 is 3.29. The lowest BCUT2D eigenvalue weighted by molar-refractivity contribution is -0.122. The smallest absolute Gasteiger partial charge is 0.269 e. The highest BCUT2D eigenvalue weighted by atomic mass is 79.9. The van der Waals surface area contributed by atoms with Gasteiger partial charge in [0.2, 0.25) is 5.91 Å². The van der Waals surface area contributed by atoms with E-state index in [0.717, 1.165) is 15.8 Å². The van der Waals surface area contributed by atoms with Gasteiger partial charge in [0.15, 0.2) is 0 Å². The number of rotatable bonds is 5. The van der Waals surface area contributed by atoms with Crippen LogP contribution in [0.1, 0.15) is 22.3 Å². The molecular weight excluding hydrogens is 360 g/mol. The number of aryl methyl sites for hydroxylation is 1. The Kier molecular flexibility index (Phi) is 6.17. The zero-order chi connectivity index (χ0) is 16.7. The van der Waals surface area contributed by atoms with E-state index >= 15 is 0 Å². The van der Waals surface area contributed by atoms with Crippen LogP contribution >= 0.6 is 15.9 Å². The molecular formula is C17H17BrN2O3. The predicted octanol–water partition coefficient (Wildman–Crippen LogP) is 2.99. The highest BCUT2D eigenvalue weighted by Gasteiger charge is 2.07. The molecule has 2 N–H and O–H groups in total. The van der Waals surface area contributed by atoms with Crippen molar-refractivity contribution in [3.63, 3.8) is 0 Å². The molecule has 0 fully saturated rings. The van der Waals surface area contributed by atoms with Gasteiger partial charge < -0.3 is 4.74 Å². The first kappa shape index (κ1) is 17.0. The molecule has 0 aliphatic rings. The van der Waals surface area contributed by atoms with Gasteiger partial charge >= 0.3 is 0 Å². The molecule has 2 amide bonds. The number of hydrogen-bond donors (Lipinski definition) is 2. The number of hydrazine groups is 1. The van der Waals surface area contributed by atoms with Crippen LogP contribution in [0.3, 0.4) is 0 Å². The Morgan fingerprint density at radius 3 is 2.43 bits per heavy atom. The Balaban J connectivity index is 1.72. The number of benzene rings is 2. The maximum atomic E-state index is 11.8. The maximum absolute atomic E-state index is 11.8. The van der Waals surface area contributed by atoms with Gasteiger partial charge in [-0.1, -0.05) is 34.1 Å². The van der Waals surface area contributed by atoms with Crippen molar-refractivity contribution < 1.29 is 14.3 Å².